The Hall–Kier alpha value is -4.66. The molecule has 9 heteroatoms. The lowest BCUT2D eigenvalue weighted by molar-refractivity contribution is -0.137. The van der Waals surface area contributed by atoms with Crippen LogP contribution in [0.4, 0.5) is 13.2 Å². The van der Waals surface area contributed by atoms with Crippen molar-refractivity contribution in [2.45, 2.75) is 19.3 Å². The number of esters is 1. The number of carbonyl (C=O) groups excluding carboxylic acids is 2. The number of amides is 1. The second kappa shape index (κ2) is 10.0. The Labute approximate surface area is 215 Å². The van der Waals surface area contributed by atoms with Gasteiger partial charge in [-0.3, -0.25) is 9.78 Å². The Kier molecular flexibility index (Phi) is 6.59. The van der Waals surface area contributed by atoms with Crippen LogP contribution in [0.3, 0.4) is 0 Å². The molecule has 0 saturated carbocycles. The highest BCUT2D eigenvalue weighted by atomic mass is 19.4. The molecule has 0 aliphatic heterocycles. The van der Waals surface area contributed by atoms with Gasteiger partial charge in [-0.05, 0) is 47.3 Å². The number of aromatic nitrogens is 2. The Morgan fingerprint density at radius 1 is 0.947 bits per heavy atom. The number of nitrogens with zero attached hydrogens (tertiary/aromatic N) is 2. The predicted octanol–water partition coefficient (Wildman–Crippen LogP) is 5.97. The number of methoxy groups -OCH3 is 1. The van der Waals surface area contributed by atoms with Crippen LogP contribution in [0.2, 0.25) is 0 Å². The average molecular weight is 518 g/mol. The fraction of sp³-hybridized carbons (Fsp3) is 0.138. The number of halogens is 3. The Bertz CT molecular complexity index is 1660. The normalized spacial score (nSPS) is 11.6. The zero-order valence-corrected chi connectivity index (χ0v) is 20.3. The molecule has 1 N–H and O–H groups in total. The minimum absolute atomic E-state index is 0.0605. The lowest BCUT2D eigenvalue weighted by atomic mass is 10.0. The van der Waals surface area contributed by atoms with E-state index < -0.39 is 23.6 Å². The van der Waals surface area contributed by atoms with Gasteiger partial charge in [0.05, 0.1) is 41.6 Å². The quantitative estimate of drug-likeness (QED) is 0.282. The third-order valence-electron chi connectivity index (χ3n) is 6.28. The maximum absolute atomic E-state index is 13.7. The lowest BCUT2D eigenvalue weighted by Gasteiger charge is -2.14. The fourth-order valence-corrected chi connectivity index (χ4v) is 4.36. The van der Waals surface area contributed by atoms with Crippen LogP contribution in [-0.4, -0.2) is 28.5 Å². The molecule has 5 aromatic rings. The van der Waals surface area contributed by atoms with Gasteiger partial charge < -0.3 is 14.6 Å². The molecule has 0 bridgehead atoms. The van der Waals surface area contributed by atoms with Crippen LogP contribution in [0.25, 0.3) is 21.7 Å². The van der Waals surface area contributed by atoms with E-state index in [1.807, 2.05) is 30.3 Å². The van der Waals surface area contributed by atoms with Gasteiger partial charge >= 0.3 is 12.1 Å². The van der Waals surface area contributed by atoms with Crippen LogP contribution in [0.15, 0.2) is 85.2 Å². The molecule has 192 valence electrons. The number of rotatable bonds is 6. The van der Waals surface area contributed by atoms with Crippen LogP contribution in [0.5, 0.6) is 0 Å². The minimum Gasteiger partial charge on any atom is -0.465 e. The van der Waals surface area contributed by atoms with E-state index in [0.29, 0.717) is 27.7 Å². The van der Waals surface area contributed by atoms with Gasteiger partial charge in [-0.1, -0.05) is 36.4 Å². The van der Waals surface area contributed by atoms with Crippen molar-refractivity contribution in [3.63, 3.8) is 0 Å². The van der Waals surface area contributed by atoms with Gasteiger partial charge in [0.15, 0.2) is 0 Å². The van der Waals surface area contributed by atoms with Gasteiger partial charge in [-0.15, -0.1) is 0 Å². The van der Waals surface area contributed by atoms with E-state index in [1.54, 1.807) is 47.3 Å². The lowest BCUT2D eigenvalue weighted by Crippen LogP contribution is -2.24. The summed E-state index contributed by atoms with van der Waals surface area (Å²) in [6.07, 6.45) is -1.21. The molecule has 6 nitrogen and oxygen atoms in total. The van der Waals surface area contributed by atoms with E-state index in [1.165, 1.54) is 7.11 Å². The molecule has 0 atom stereocenters. The summed E-state index contributed by atoms with van der Waals surface area (Å²) in [5, 5.41) is 4.97. The van der Waals surface area contributed by atoms with Crippen molar-refractivity contribution in [1.29, 1.82) is 0 Å². The zero-order chi connectivity index (χ0) is 26.9. The molecule has 0 aliphatic carbocycles. The first-order chi connectivity index (χ1) is 18.2. The van der Waals surface area contributed by atoms with Crippen molar-refractivity contribution < 1.29 is 27.5 Å². The van der Waals surface area contributed by atoms with Gasteiger partial charge in [-0.2, -0.15) is 13.2 Å². The highest BCUT2D eigenvalue weighted by molar-refractivity contribution is 6.06. The predicted molar refractivity (Wildman–Crippen MR) is 137 cm³/mol. The van der Waals surface area contributed by atoms with Crippen LogP contribution >= 0.6 is 0 Å². The third kappa shape index (κ3) is 5.08. The first-order valence-corrected chi connectivity index (χ1v) is 11.7. The number of alkyl halides is 3. The maximum atomic E-state index is 13.7. The average Bonchev–Trinajstić information content (AvgIpc) is 3.33. The molecule has 5 rings (SSSR count). The molecule has 0 radical (unpaired) electrons. The maximum Gasteiger partial charge on any atom is 0.416 e. The van der Waals surface area contributed by atoms with E-state index in [2.05, 4.69) is 15.0 Å². The monoisotopic (exact) mass is 517 g/mol. The smallest absolute Gasteiger partial charge is 0.416 e. The van der Waals surface area contributed by atoms with Crippen LogP contribution in [0, 0.1) is 0 Å². The highest BCUT2D eigenvalue weighted by Crippen LogP contribution is 2.34. The number of hydrogen-bond acceptors (Lipinski definition) is 4. The number of nitrogens with one attached hydrogen (secondary N) is 1. The molecule has 0 aliphatic rings. The summed E-state index contributed by atoms with van der Waals surface area (Å²) in [5.74, 6) is -1.14. The SMILES string of the molecule is COC(=O)c1ccc(CNC(=O)c2cc(C(F)(F)F)cc3ccn(Cc4cc5ccccc5cn4)c23)cc1. The second-order valence-corrected chi connectivity index (χ2v) is 8.80. The summed E-state index contributed by atoms with van der Waals surface area (Å²) in [6, 6.07) is 19.5. The van der Waals surface area contributed by atoms with Crippen molar-refractivity contribution >= 4 is 33.6 Å². The largest absolute Gasteiger partial charge is 0.465 e. The van der Waals surface area contributed by atoms with Crippen molar-refractivity contribution in [3.8, 4) is 0 Å². The number of benzene rings is 3. The van der Waals surface area contributed by atoms with Gasteiger partial charge in [0.2, 0.25) is 0 Å². The van der Waals surface area contributed by atoms with E-state index in [0.717, 1.165) is 22.9 Å². The summed E-state index contributed by atoms with van der Waals surface area (Å²) >= 11 is 0. The molecule has 0 unspecified atom stereocenters. The molecule has 38 heavy (non-hydrogen) atoms. The molecular weight excluding hydrogens is 495 g/mol. The third-order valence-corrected chi connectivity index (χ3v) is 6.28. The van der Waals surface area contributed by atoms with E-state index in [9.17, 15) is 22.8 Å². The van der Waals surface area contributed by atoms with Crippen LogP contribution < -0.4 is 5.32 Å². The van der Waals surface area contributed by atoms with Crippen LogP contribution in [0.1, 0.15) is 37.5 Å². The number of ether oxygens (including phenoxy) is 1. The van der Waals surface area contributed by atoms with E-state index in [4.69, 9.17) is 0 Å². The van der Waals surface area contributed by atoms with Crippen molar-refractivity contribution in [2.75, 3.05) is 7.11 Å². The molecule has 2 aromatic heterocycles. The number of carbonyl (C=O) groups is 2. The van der Waals surface area contributed by atoms with Crippen molar-refractivity contribution in [3.05, 3.63) is 113 Å². The second-order valence-electron chi connectivity index (χ2n) is 8.80. The number of fused-ring (bicyclic) bond motifs is 2. The first-order valence-electron chi connectivity index (χ1n) is 11.7. The summed E-state index contributed by atoms with van der Waals surface area (Å²) in [6.45, 7) is 0.333. The Morgan fingerprint density at radius 3 is 2.39 bits per heavy atom. The Balaban J connectivity index is 1.47. The summed E-state index contributed by atoms with van der Waals surface area (Å²) in [7, 11) is 1.28. The van der Waals surface area contributed by atoms with Gasteiger partial charge in [0, 0.05) is 29.7 Å². The van der Waals surface area contributed by atoms with Gasteiger partial charge in [0.25, 0.3) is 5.91 Å². The minimum atomic E-state index is -4.62. The summed E-state index contributed by atoms with van der Waals surface area (Å²) < 4.78 is 47.4. The van der Waals surface area contributed by atoms with Gasteiger partial charge in [-0.25, -0.2) is 4.79 Å². The Morgan fingerprint density at radius 2 is 1.68 bits per heavy atom. The molecular formula is C29H22F3N3O3. The van der Waals surface area contributed by atoms with Gasteiger partial charge in [0.1, 0.15) is 0 Å². The van der Waals surface area contributed by atoms with E-state index in [-0.39, 0.29) is 18.7 Å². The molecule has 3 aromatic carbocycles. The summed E-state index contributed by atoms with van der Waals surface area (Å²) in [4.78, 5) is 29.3. The zero-order valence-electron chi connectivity index (χ0n) is 20.3. The number of hydrogen-bond donors (Lipinski definition) is 1. The molecule has 2 heterocycles. The fourth-order valence-electron chi connectivity index (χ4n) is 4.36. The van der Waals surface area contributed by atoms with Crippen LogP contribution in [-0.2, 0) is 24.0 Å². The molecule has 0 spiro atoms. The first kappa shape index (κ1) is 25.0. The summed E-state index contributed by atoms with van der Waals surface area (Å²) in [5.41, 5.74) is 1.11. The van der Waals surface area contributed by atoms with Crippen molar-refractivity contribution in [2.24, 2.45) is 0 Å². The molecule has 0 saturated heterocycles. The number of pyridine rings is 1. The topological polar surface area (TPSA) is 73.2 Å². The van der Waals surface area contributed by atoms with Crippen molar-refractivity contribution in [1.82, 2.24) is 14.9 Å². The molecule has 0 fully saturated rings. The molecule has 1 amide bonds. The standard InChI is InChI=1S/C29H22F3N3O3/c1-38-28(37)19-8-6-18(7-9-19)15-34-27(36)25-14-23(29(30,31)32)12-21-10-11-35(26(21)25)17-24-13-20-4-2-3-5-22(20)16-33-24/h2-14,16H,15,17H2,1H3,(H,34,36). The highest BCUT2D eigenvalue weighted by Gasteiger charge is 2.32. The van der Waals surface area contributed by atoms with E-state index >= 15 is 0 Å².